The predicted octanol–water partition coefficient (Wildman–Crippen LogP) is 4.83. The van der Waals surface area contributed by atoms with Crippen molar-refractivity contribution in [1.29, 1.82) is 0 Å². The standard InChI is InChI=1S/C17H25ClFN/c1-3-4-12-5-8-17(20-2)14(9-12)10-13-11-15(19)6-7-16(13)18/h6-7,11-12,14,17,20H,3-5,8-10H2,1-2H3. The van der Waals surface area contributed by atoms with Crippen molar-refractivity contribution in [3.63, 3.8) is 0 Å². The van der Waals surface area contributed by atoms with Crippen molar-refractivity contribution in [2.24, 2.45) is 11.8 Å². The molecule has 1 aliphatic rings. The fourth-order valence-corrected chi connectivity index (χ4v) is 3.81. The van der Waals surface area contributed by atoms with Gasteiger partial charge in [0.05, 0.1) is 0 Å². The topological polar surface area (TPSA) is 12.0 Å². The first kappa shape index (κ1) is 15.8. The van der Waals surface area contributed by atoms with Gasteiger partial charge in [-0.25, -0.2) is 4.39 Å². The Labute approximate surface area is 126 Å². The monoisotopic (exact) mass is 297 g/mol. The summed E-state index contributed by atoms with van der Waals surface area (Å²) in [6.45, 7) is 2.25. The van der Waals surface area contributed by atoms with Gasteiger partial charge in [-0.15, -0.1) is 0 Å². The third-order valence-corrected chi connectivity index (χ3v) is 5.02. The Hall–Kier alpha value is -0.600. The van der Waals surface area contributed by atoms with Crippen LogP contribution in [0.25, 0.3) is 0 Å². The van der Waals surface area contributed by atoms with Crippen LogP contribution in [0, 0.1) is 17.7 Å². The van der Waals surface area contributed by atoms with Crippen molar-refractivity contribution in [3.05, 3.63) is 34.6 Å². The van der Waals surface area contributed by atoms with Gasteiger partial charge in [-0.2, -0.15) is 0 Å². The number of nitrogens with one attached hydrogen (secondary N) is 1. The van der Waals surface area contributed by atoms with Crippen molar-refractivity contribution >= 4 is 11.6 Å². The van der Waals surface area contributed by atoms with Gasteiger partial charge in [0, 0.05) is 11.1 Å². The molecule has 1 N–H and O–H groups in total. The maximum Gasteiger partial charge on any atom is 0.123 e. The third kappa shape index (κ3) is 3.95. The molecule has 0 amide bonds. The zero-order valence-corrected chi connectivity index (χ0v) is 13.2. The van der Waals surface area contributed by atoms with Gasteiger partial charge in [0.15, 0.2) is 0 Å². The minimum atomic E-state index is -0.189. The van der Waals surface area contributed by atoms with Crippen molar-refractivity contribution in [1.82, 2.24) is 5.32 Å². The first-order valence-corrected chi connectivity index (χ1v) is 8.13. The summed E-state index contributed by atoms with van der Waals surface area (Å²) in [5.74, 6) is 1.19. The van der Waals surface area contributed by atoms with Gasteiger partial charge >= 0.3 is 0 Å². The van der Waals surface area contributed by atoms with E-state index in [1.165, 1.54) is 38.2 Å². The molecule has 3 atom stereocenters. The molecule has 2 rings (SSSR count). The fourth-order valence-electron chi connectivity index (χ4n) is 3.62. The second-order valence-corrected chi connectivity index (χ2v) is 6.47. The fraction of sp³-hybridized carbons (Fsp3) is 0.647. The van der Waals surface area contributed by atoms with Crippen molar-refractivity contribution < 1.29 is 4.39 Å². The van der Waals surface area contributed by atoms with Crippen LogP contribution in [0.2, 0.25) is 5.02 Å². The van der Waals surface area contributed by atoms with Gasteiger partial charge in [0.1, 0.15) is 5.82 Å². The Morgan fingerprint density at radius 2 is 2.15 bits per heavy atom. The van der Waals surface area contributed by atoms with E-state index in [9.17, 15) is 4.39 Å². The lowest BCUT2D eigenvalue weighted by Gasteiger charge is -2.36. The lowest BCUT2D eigenvalue weighted by Crippen LogP contribution is -2.39. The highest BCUT2D eigenvalue weighted by atomic mass is 35.5. The van der Waals surface area contributed by atoms with Crippen LogP contribution in [0.3, 0.4) is 0 Å². The summed E-state index contributed by atoms with van der Waals surface area (Å²) in [4.78, 5) is 0. The highest BCUT2D eigenvalue weighted by molar-refractivity contribution is 6.31. The van der Waals surface area contributed by atoms with Crippen LogP contribution in [0.5, 0.6) is 0 Å². The van der Waals surface area contributed by atoms with Gasteiger partial charge in [0.2, 0.25) is 0 Å². The zero-order chi connectivity index (χ0) is 14.5. The van der Waals surface area contributed by atoms with Crippen LogP contribution in [0.4, 0.5) is 4.39 Å². The van der Waals surface area contributed by atoms with E-state index in [-0.39, 0.29) is 5.82 Å². The largest absolute Gasteiger partial charge is 0.317 e. The second kappa shape index (κ2) is 7.42. The molecule has 0 radical (unpaired) electrons. The van der Waals surface area contributed by atoms with E-state index in [0.29, 0.717) is 17.0 Å². The smallest absolute Gasteiger partial charge is 0.123 e. The number of hydrogen-bond donors (Lipinski definition) is 1. The highest BCUT2D eigenvalue weighted by Gasteiger charge is 2.29. The van der Waals surface area contributed by atoms with E-state index >= 15 is 0 Å². The second-order valence-electron chi connectivity index (χ2n) is 6.06. The van der Waals surface area contributed by atoms with E-state index in [1.807, 2.05) is 7.05 Å². The molecule has 0 bridgehead atoms. The molecular formula is C17H25ClFN. The molecule has 0 heterocycles. The van der Waals surface area contributed by atoms with Gasteiger partial charge in [0.25, 0.3) is 0 Å². The minimum Gasteiger partial charge on any atom is -0.317 e. The maximum atomic E-state index is 13.4. The Morgan fingerprint density at radius 3 is 2.85 bits per heavy atom. The van der Waals surface area contributed by atoms with Crippen LogP contribution >= 0.6 is 11.6 Å². The number of rotatable bonds is 5. The Kier molecular flexibility index (Phi) is 5.86. The molecule has 112 valence electrons. The van der Waals surface area contributed by atoms with Crippen LogP contribution in [-0.4, -0.2) is 13.1 Å². The van der Waals surface area contributed by atoms with Gasteiger partial charge in [-0.05, 0) is 68.3 Å². The van der Waals surface area contributed by atoms with E-state index in [4.69, 9.17) is 11.6 Å². The minimum absolute atomic E-state index is 0.189. The Bertz CT molecular complexity index is 435. The van der Waals surface area contributed by atoms with Crippen molar-refractivity contribution in [2.45, 2.75) is 51.5 Å². The van der Waals surface area contributed by atoms with Crippen molar-refractivity contribution in [2.75, 3.05) is 7.05 Å². The number of halogens is 2. The van der Waals surface area contributed by atoms with Crippen LogP contribution in [0.15, 0.2) is 18.2 Å². The average molecular weight is 298 g/mol. The summed E-state index contributed by atoms with van der Waals surface area (Å²) in [6.07, 6.45) is 7.20. The Morgan fingerprint density at radius 1 is 1.35 bits per heavy atom. The number of benzene rings is 1. The summed E-state index contributed by atoms with van der Waals surface area (Å²) < 4.78 is 13.4. The summed E-state index contributed by atoms with van der Waals surface area (Å²) in [7, 11) is 2.03. The van der Waals surface area contributed by atoms with Crippen LogP contribution < -0.4 is 5.32 Å². The lowest BCUT2D eigenvalue weighted by atomic mass is 9.74. The number of hydrogen-bond acceptors (Lipinski definition) is 1. The summed E-state index contributed by atoms with van der Waals surface area (Å²) in [5, 5.41) is 4.13. The molecule has 0 aliphatic heterocycles. The van der Waals surface area contributed by atoms with Gasteiger partial charge in [-0.3, -0.25) is 0 Å². The molecule has 1 aromatic carbocycles. The Balaban J connectivity index is 2.09. The quantitative estimate of drug-likeness (QED) is 0.821. The highest BCUT2D eigenvalue weighted by Crippen LogP contribution is 2.35. The molecule has 0 saturated heterocycles. The van der Waals surface area contributed by atoms with E-state index in [0.717, 1.165) is 17.9 Å². The molecule has 0 aromatic heterocycles. The molecule has 3 unspecified atom stereocenters. The molecule has 1 nitrogen and oxygen atoms in total. The van der Waals surface area contributed by atoms with E-state index in [1.54, 1.807) is 12.1 Å². The zero-order valence-electron chi connectivity index (χ0n) is 12.5. The molecule has 1 aromatic rings. The molecule has 20 heavy (non-hydrogen) atoms. The molecule has 1 aliphatic carbocycles. The first-order valence-electron chi connectivity index (χ1n) is 7.75. The molecule has 1 fully saturated rings. The average Bonchev–Trinajstić information content (AvgIpc) is 2.44. The summed E-state index contributed by atoms with van der Waals surface area (Å²) in [5.41, 5.74) is 0.953. The van der Waals surface area contributed by atoms with Crippen LogP contribution in [-0.2, 0) is 6.42 Å². The normalized spacial score (nSPS) is 26.7. The van der Waals surface area contributed by atoms with E-state index < -0.39 is 0 Å². The molecular weight excluding hydrogens is 273 g/mol. The predicted molar refractivity (Wildman–Crippen MR) is 83.7 cm³/mol. The summed E-state index contributed by atoms with van der Waals surface area (Å²) >= 11 is 6.22. The SMILES string of the molecule is CCCC1CCC(NC)C(Cc2cc(F)ccc2Cl)C1. The first-order chi connectivity index (χ1) is 9.63. The molecule has 1 saturated carbocycles. The molecule has 0 spiro atoms. The van der Waals surface area contributed by atoms with E-state index in [2.05, 4.69) is 12.2 Å². The summed E-state index contributed by atoms with van der Waals surface area (Å²) in [6, 6.07) is 5.23. The van der Waals surface area contributed by atoms with Gasteiger partial charge < -0.3 is 5.32 Å². The maximum absolute atomic E-state index is 13.4. The third-order valence-electron chi connectivity index (χ3n) is 4.65. The van der Waals surface area contributed by atoms with Gasteiger partial charge in [-0.1, -0.05) is 31.4 Å². The molecule has 3 heteroatoms. The lowest BCUT2D eigenvalue weighted by molar-refractivity contribution is 0.200. The van der Waals surface area contributed by atoms with Crippen molar-refractivity contribution in [3.8, 4) is 0 Å². The van der Waals surface area contributed by atoms with Crippen LogP contribution in [0.1, 0.15) is 44.6 Å².